The number of hydrogen-bond acceptors (Lipinski definition) is 3. The van der Waals surface area contributed by atoms with Crippen LogP contribution < -0.4 is 5.32 Å². The Balaban J connectivity index is 2.06. The standard InChI is InChI=1S/C15H32N2S/c1-5-6-7-8-14(2)16-9-10-17-11-12-18-15(3,4)13-17/h14,16H,5-13H2,1-4H3. The van der Waals surface area contributed by atoms with E-state index in [1.807, 2.05) is 0 Å². The van der Waals surface area contributed by atoms with Crippen LogP contribution >= 0.6 is 11.8 Å². The molecule has 1 unspecified atom stereocenters. The summed E-state index contributed by atoms with van der Waals surface area (Å²) in [5.41, 5.74) is 0. The topological polar surface area (TPSA) is 15.3 Å². The lowest BCUT2D eigenvalue weighted by atomic mass is 10.1. The van der Waals surface area contributed by atoms with Gasteiger partial charge in [0.25, 0.3) is 0 Å². The van der Waals surface area contributed by atoms with Gasteiger partial charge in [0, 0.05) is 42.7 Å². The number of hydrogen-bond donors (Lipinski definition) is 1. The van der Waals surface area contributed by atoms with Crippen molar-refractivity contribution in [3.8, 4) is 0 Å². The molecule has 0 aromatic heterocycles. The van der Waals surface area contributed by atoms with Gasteiger partial charge in [0.2, 0.25) is 0 Å². The van der Waals surface area contributed by atoms with Crippen LogP contribution in [0.4, 0.5) is 0 Å². The van der Waals surface area contributed by atoms with Crippen LogP contribution in [-0.4, -0.2) is 47.6 Å². The van der Waals surface area contributed by atoms with E-state index in [0.717, 1.165) is 6.54 Å². The van der Waals surface area contributed by atoms with Gasteiger partial charge in [-0.25, -0.2) is 0 Å². The summed E-state index contributed by atoms with van der Waals surface area (Å²) in [6.45, 7) is 14.2. The second kappa shape index (κ2) is 8.44. The van der Waals surface area contributed by atoms with Gasteiger partial charge in [-0.15, -0.1) is 0 Å². The Morgan fingerprint density at radius 2 is 2.11 bits per heavy atom. The maximum atomic E-state index is 3.67. The second-order valence-electron chi connectivity index (χ2n) is 6.24. The van der Waals surface area contributed by atoms with Crippen molar-refractivity contribution in [1.82, 2.24) is 10.2 Å². The third-order valence-electron chi connectivity index (χ3n) is 3.67. The lowest BCUT2D eigenvalue weighted by Gasteiger charge is -2.37. The van der Waals surface area contributed by atoms with Crippen LogP contribution in [0.15, 0.2) is 0 Å². The monoisotopic (exact) mass is 272 g/mol. The Bertz CT molecular complexity index is 219. The van der Waals surface area contributed by atoms with Crippen molar-refractivity contribution >= 4 is 11.8 Å². The van der Waals surface area contributed by atoms with Gasteiger partial charge < -0.3 is 5.32 Å². The van der Waals surface area contributed by atoms with Gasteiger partial charge in [0.05, 0.1) is 0 Å². The molecule has 18 heavy (non-hydrogen) atoms. The number of thioether (sulfide) groups is 1. The van der Waals surface area contributed by atoms with E-state index < -0.39 is 0 Å². The smallest absolute Gasteiger partial charge is 0.0231 e. The fraction of sp³-hybridized carbons (Fsp3) is 1.00. The summed E-state index contributed by atoms with van der Waals surface area (Å²) in [7, 11) is 0. The average molecular weight is 273 g/mol. The summed E-state index contributed by atoms with van der Waals surface area (Å²) in [6.07, 6.45) is 5.41. The molecule has 0 bridgehead atoms. The SMILES string of the molecule is CCCCCC(C)NCCN1CCSC(C)(C)C1. The Morgan fingerprint density at radius 3 is 2.78 bits per heavy atom. The molecule has 3 heteroatoms. The van der Waals surface area contributed by atoms with Crippen LogP contribution in [0, 0.1) is 0 Å². The minimum absolute atomic E-state index is 0.449. The highest BCUT2D eigenvalue weighted by Gasteiger charge is 2.26. The zero-order chi connectivity index (χ0) is 13.4. The third kappa shape index (κ3) is 7.01. The summed E-state index contributed by atoms with van der Waals surface area (Å²) in [5.74, 6) is 1.29. The molecule has 1 atom stereocenters. The van der Waals surface area contributed by atoms with E-state index in [1.54, 1.807) is 0 Å². The Labute approximate surface area is 118 Å². The predicted octanol–water partition coefficient (Wildman–Crippen LogP) is 3.37. The summed E-state index contributed by atoms with van der Waals surface area (Å²) in [5, 5.41) is 3.67. The predicted molar refractivity (Wildman–Crippen MR) is 84.6 cm³/mol. The molecule has 108 valence electrons. The fourth-order valence-corrected chi connectivity index (χ4v) is 3.75. The minimum atomic E-state index is 0.449. The molecule has 1 fully saturated rings. The van der Waals surface area contributed by atoms with Crippen LogP contribution in [0.5, 0.6) is 0 Å². The van der Waals surface area contributed by atoms with Gasteiger partial charge in [-0.05, 0) is 27.2 Å². The molecule has 0 aromatic carbocycles. The quantitative estimate of drug-likeness (QED) is 0.682. The number of unbranched alkanes of at least 4 members (excludes halogenated alkanes) is 2. The van der Waals surface area contributed by atoms with Gasteiger partial charge in [-0.2, -0.15) is 11.8 Å². The van der Waals surface area contributed by atoms with E-state index in [1.165, 1.54) is 51.1 Å². The molecule has 1 saturated heterocycles. The highest BCUT2D eigenvalue weighted by atomic mass is 32.2. The van der Waals surface area contributed by atoms with Gasteiger partial charge in [-0.3, -0.25) is 4.90 Å². The zero-order valence-corrected chi connectivity index (χ0v) is 13.6. The van der Waals surface area contributed by atoms with Gasteiger partial charge in [0.1, 0.15) is 0 Å². The first kappa shape index (κ1) is 16.3. The maximum Gasteiger partial charge on any atom is 0.0231 e. The zero-order valence-electron chi connectivity index (χ0n) is 12.8. The van der Waals surface area contributed by atoms with Crippen molar-refractivity contribution in [3.05, 3.63) is 0 Å². The van der Waals surface area contributed by atoms with Crippen molar-refractivity contribution in [2.24, 2.45) is 0 Å². The Hall–Kier alpha value is 0.270. The molecule has 0 radical (unpaired) electrons. The van der Waals surface area contributed by atoms with Gasteiger partial charge in [0.15, 0.2) is 0 Å². The van der Waals surface area contributed by atoms with E-state index in [0.29, 0.717) is 10.8 Å². The van der Waals surface area contributed by atoms with Crippen LogP contribution in [0.2, 0.25) is 0 Å². The molecule has 0 saturated carbocycles. The first-order valence-corrected chi connectivity index (χ1v) is 8.62. The lowest BCUT2D eigenvalue weighted by molar-refractivity contribution is 0.256. The largest absolute Gasteiger partial charge is 0.313 e. The summed E-state index contributed by atoms with van der Waals surface area (Å²) in [6, 6.07) is 0.684. The maximum absolute atomic E-state index is 3.67. The third-order valence-corrected chi connectivity index (χ3v) is 4.96. The summed E-state index contributed by atoms with van der Waals surface area (Å²) >= 11 is 2.12. The molecule has 0 amide bonds. The number of rotatable bonds is 8. The molecule has 2 nitrogen and oxygen atoms in total. The number of nitrogens with zero attached hydrogens (tertiary/aromatic N) is 1. The molecule has 1 aliphatic heterocycles. The Morgan fingerprint density at radius 1 is 1.33 bits per heavy atom. The molecule has 1 rings (SSSR count). The molecular formula is C15H32N2S. The molecule has 0 aromatic rings. The van der Waals surface area contributed by atoms with E-state index in [-0.39, 0.29) is 0 Å². The Kier molecular flexibility index (Phi) is 7.66. The molecule has 0 aliphatic carbocycles. The van der Waals surface area contributed by atoms with Crippen molar-refractivity contribution < 1.29 is 0 Å². The molecular weight excluding hydrogens is 240 g/mol. The van der Waals surface area contributed by atoms with E-state index >= 15 is 0 Å². The van der Waals surface area contributed by atoms with E-state index in [2.05, 4.69) is 49.7 Å². The van der Waals surface area contributed by atoms with Crippen molar-refractivity contribution in [3.63, 3.8) is 0 Å². The highest BCUT2D eigenvalue weighted by molar-refractivity contribution is 8.00. The minimum Gasteiger partial charge on any atom is -0.313 e. The van der Waals surface area contributed by atoms with Gasteiger partial charge >= 0.3 is 0 Å². The molecule has 1 aliphatic rings. The average Bonchev–Trinajstić information content (AvgIpc) is 2.28. The van der Waals surface area contributed by atoms with E-state index in [9.17, 15) is 0 Å². The van der Waals surface area contributed by atoms with Crippen LogP contribution in [0.3, 0.4) is 0 Å². The lowest BCUT2D eigenvalue weighted by Crippen LogP contribution is -2.46. The van der Waals surface area contributed by atoms with Gasteiger partial charge in [-0.1, -0.05) is 26.2 Å². The molecule has 1 N–H and O–H groups in total. The van der Waals surface area contributed by atoms with Crippen molar-refractivity contribution in [2.75, 3.05) is 31.9 Å². The summed E-state index contributed by atoms with van der Waals surface area (Å²) in [4.78, 5) is 2.61. The first-order chi connectivity index (χ1) is 8.53. The van der Waals surface area contributed by atoms with Crippen molar-refractivity contribution in [1.29, 1.82) is 0 Å². The van der Waals surface area contributed by atoms with Crippen LogP contribution in [0.1, 0.15) is 53.4 Å². The normalized spacial score (nSPS) is 22.0. The number of nitrogens with one attached hydrogen (secondary N) is 1. The first-order valence-electron chi connectivity index (χ1n) is 7.63. The molecule has 0 spiro atoms. The molecule has 1 heterocycles. The van der Waals surface area contributed by atoms with Crippen molar-refractivity contribution in [2.45, 2.75) is 64.2 Å². The fourth-order valence-electron chi connectivity index (χ4n) is 2.58. The van der Waals surface area contributed by atoms with Crippen LogP contribution in [-0.2, 0) is 0 Å². The van der Waals surface area contributed by atoms with Crippen LogP contribution in [0.25, 0.3) is 0 Å². The van der Waals surface area contributed by atoms with E-state index in [4.69, 9.17) is 0 Å². The summed E-state index contributed by atoms with van der Waals surface area (Å²) < 4.78 is 0.449. The second-order valence-corrected chi connectivity index (χ2v) is 8.04. The highest BCUT2D eigenvalue weighted by Crippen LogP contribution is 2.29.